The van der Waals surface area contributed by atoms with Crippen molar-refractivity contribution >= 4 is 22.8 Å². The Kier molecular flexibility index (Phi) is 4.99. The standard InChI is InChI=1S/C31H38N3/c1-16-12-18(3)27(19(4)13-16)32-25(10)29-23(8)22(7)24(9)30-26(11)33(31(32)34(29)30)28-20(5)14-17(2)15-21(28)6/h12-15,31H,1-11H3/q+3. The maximum absolute atomic E-state index is 2.61. The van der Waals surface area contributed by atoms with E-state index in [1.165, 1.54) is 84.3 Å². The number of benzene rings is 2. The van der Waals surface area contributed by atoms with Crippen LogP contribution in [0.5, 0.6) is 0 Å². The second kappa shape index (κ2) is 7.46. The summed E-state index contributed by atoms with van der Waals surface area (Å²) >= 11 is 0. The highest BCUT2D eigenvalue weighted by molar-refractivity contribution is 5.99. The first-order chi connectivity index (χ1) is 16.0. The van der Waals surface area contributed by atoms with Gasteiger partial charge in [-0.3, -0.25) is 0 Å². The lowest BCUT2D eigenvalue weighted by molar-refractivity contribution is -0.968. The smallest absolute Gasteiger partial charge is 0.0649 e. The van der Waals surface area contributed by atoms with Crippen molar-refractivity contribution in [1.29, 1.82) is 0 Å². The van der Waals surface area contributed by atoms with Crippen molar-refractivity contribution in [3.05, 3.63) is 85.7 Å². The van der Waals surface area contributed by atoms with Crippen LogP contribution in [0.2, 0.25) is 0 Å². The summed E-state index contributed by atoms with van der Waals surface area (Å²) in [5, 5.41) is 0. The highest BCUT2D eigenvalue weighted by atomic mass is 15.5. The Hall–Kier alpha value is -3.07. The van der Waals surface area contributed by atoms with Crippen LogP contribution in [-0.4, -0.2) is 20.6 Å². The average Bonchev–Trinajstić information content (AvgIpc) is 3.16. The van der Waals surface area contributed by atoms with Gasteiger partial charge in [0.25, 0.3) is 22.8 Å². The minimum Gasteiger partial charge on any atom is -0.0649 e. The Morgan fingerprint density at radius 1 is 0.471 bits per heavy atom. The molecule has 3 heteroatoms. The van der Waals surface area contributed by atoms with Crippen molar-refractivity contribution in [3.63, 3.8) is 0 Å². The quantitative estimate of drug-likeness (QED) is 0.391. The number of rotatable bonds is 2. The number of aromatic nitrogens is 1. The molecule has 0 bridgehead atoms. The van der Waals surface area contributed by atoms with Crippen LogP contribution in [0.25, 0.3) is 0 Å². The molecular formula is C31H38N3+3. The van der Waals surface area contributed by atoms with Gasteiger partial charge in [0, 0.05) is 47.2 Å². The van der Waals surface area contributed by atoms with Crippen LogP contribution in [0.3, 0.4) is 0 Å². The Morgan fingerprint density at radius 3 is 1.12 bits per heavy atom. The molecule has 0 saturated carbocycles. The predicted octanol–water partition coefficient (Wildman–Crippen LogP) is 6.54. The molecule has 174 valence electrons. The second-order valence-electron chi connectivity index (χ2n) is 10.7. The topological polar surface area (TPSA) is 9.90 Å². The van der Waals surface area contributed by atoms with Crippen molar-refractivity contribution in [1.82, 2.24) is 0 Å². The third-order valence-electron chi connectivity index (χ3n) is 8.17. The van der Waals surface area contributed by atoms with E-state index in [0.29, 0.717) is 0 Å². The minimum absolute atomic E-state index is 0.0585. The van der Waals surface area contributed by atoms with Crippen LogP contribution in [0.1, 0.15) is 81.6 Å². The second-order valence-corrected chi connectivity index (χ2v) is 10.7. The highest BCUT2D eigenvalue weighted by Gasteiger charge is 2.63. The third-order valence-corrected chi connectivity index (χ3v) is 8.17. The lowest BCUT2D eigenvalue weighted by atomic mass is 9.97. The van der Waals surface area contributed by atoms with Crippen molar-refractivity contribution in [3.8, 4) is 0 Å². The zero-order valence-electron chi connectivity index (χ0n) is 22.7. The molecule has 0 aliphatic carbocycles. The molecule has 1 aromatic heterocycles. The van der Waals surface area contributed by atoms with E-state index in [2.05, 4.69) is 114 Å². The number of nitrogens with zero attached hydrogens (tertiary/aromatic N) is 3. The van der Waals surface area contributed by atoms with Crippen LogP contribution in [-0.2, 0) is 0 Å². The van der Waals surface area contributed by atoms with E-state index in [4.69, 9.17) is 0 Å². The molecule has 2 aromatic carbocycles. The van der Waals surface area contributed by atoms with E-state index >= 15 is 0 Å². The average molecular weight is 453 g/mol. The summed E-state index contributed by atoms with van der Waals surface area (Å²) < 4.78 is 7.81. The zero-order chi connectivity index (χ0) is 24.8. The molecule has 0 radical (unpaired) electrons. The van der Waals surface area contributed by atoms with Gasteiger partial charge in [-0.05, 0) is 92.1 Å². The van der Waals surface area contributed by atoms with Crippen molar-refractivity contribution in [2.75, 3.05) is 0 Å². The molecule has 0 N–H and O–H groups in total. The normalized spacial score (nSPS) is 15.1. The Balaban J connectivity index is 1.94. The van der Waals surface area contributed by atoms with Gasteiger partial charge in [0.05, 0.1) is 0 Å². The van der Waals surface area contributed by atoms with Gasteiger partial charge in [-0.15, -0.1) is 0 Å². The maximum Gasteiger partial charge on any atom is 0.555 e. The Bertz CT molecular complexity index is 1340. The first-order valence-electron chi connectivity index (χ1n) is 12.4. The van der Waals surface area contributed by atoms with Gasteiger partial charge in [-0.1, -0.05) is 24.8 Å². The van der Waals surface area contributed by atoms with Crippen molar-refractivity contribution in [2.24, 2.45) is 0 Å². The van der Waals surface area contributed by atoms with Crippen LogP contribution in [0.15, 0.2) is 24.3 Å². The third kappa shape index (κ3) is 2.85. The number of aryl methyl sites for hydroxylation is 6. The molecule has 3 aromatic rings. The van der Waals surface area contributed by atoms with E-state index in [9.17, 15) is 0 Å². The van der Waals surface area contributed by atoms with Gasteiger partial charge in [0.1, 0.15) is 0 Å². The number of hydrogen-bond acceptors (Lipinski definition) is 0. The monoisotopic (exact) mass is 452 g/mol. The minimum atomic E-state index is 0.0585. The summed E-state index contributed by atoms with van der Waals surface area (Å²) in [7, 11) is 0. The van der Waals surface area contributed by atoms with Crippen LogP contribution in [0, 0.1) is 62.3 Å². The fourth-order valence-corrected chi connectivity index (χ4v) is 6.82. The largest absolute Gasteiger partial charge is 0.555 e. The van der Waals surface area contributed by atoms with E-state index < -0.39 is 0 Å². The van der Waals surface area contributed by atoms with Crippen molar-refractivity contribution < 1.29 is 13.7 Å². The molecule has 0 spiro atoms. The number of hydrogen-bond donors (Lipinski definition) is 0. The van der Waals surface area contributed by atoms with Crippen LogP contribution < -0.4 is 4.57 Å². The fraction of sp³-hybridized carbons (Fsp3) is 0.387. The summed E-state index contributed by atoms with van der Waals surface area (Å²) in [6.07, 6.45) is 0.0585. The van der Waals surface area contributed by atoms with Gasteiger partial charge < -0.3 is 0 Å². The van der Waals surface area contributed by atoms with E-state index in [1.807, 2.05) is 0 Å². The molecule has 3 heterocycles. The predicted molar refractivity (Wildman–Crippen MR) is 141 cm³/mol. The van der Waals surface area contributed by atoms with Gasteiger partial charge in [-0.2, -0.15) is 0 Å². The molecular weight excluding hydrogens is 414 g/mol. The lowest BCUT2D eigenvalue weighted by Gasteiger charge is -2.11. The number of pyridine rings is 1. The lowest BCUT2D eigenvalue weighted by Crippen LogP contribution is -2.46. The van der Waals surface area contributed by atoms with Gasteiger partial charge in [-0.25, -0.2) is 0 Å². The van der Waals surface area contributed by atoms with Crippen LogP contribution >= 0.6 is 0 Å². The molecule has 5 rings (SSSR count). The van der Waals surface area contributed by atoms with E-state index in [-0.39, 0.29) is 6.29 Å². The van der Waals surface area contributed by atoms with Gasteiger partial charge in [0.15, 0.2) is 0 Å². The summed E-state index contributed by atoms with van der Waals surface area (Å²) in [5.74, 6) is 0. The van der Waals surface area contributed by atoms with Crippen LogP contribution in [0.4, 0.5) is 11.4 Å². The zero-order valence-corrected chi connectivity index (χ0v) is 22.7. The highest BCUT2D eigenvalue weighted by Crippen LogP contribution is 2.40. The van der Waals surface area contributed by atoms with E-state index in [0.717, 1.165) is 0 Å². The molecule has 0 saturated heterocycles. The summed E-state index contributed by atoms with van der Waals surface area (Å²) in [6, 6.07) is 9.30. The first kappa shape index (κ1) is 22.7. The summed E-state index contributed by atoms with van der Waals surface area (Å²) in [5.41, 5.74) is 20.2. The molecule has 0 amide bonds. The molecule has 2 aliphatic rings. The van der Waals surface area contributed by atoms with Crippen molar-refractivity contribution in [2.45, 2.75) is 82.5 Å². The molecule has 34 heavy (non-hydrogen) atoms. The Morgan fingerprint density at radius 2 is 0.794 bits per heavy atom. The SMILES string of the molecule is CC1=[N+](c2c(C)cc(C)cc2C)C2[N+](c3c(C)cc(C)cc3C)=C(C)c3c(C)c(C)c(C)c1[n+]32. The fourth-order valence-electron chi connectivity index (χ4n) is 6.82. The molecule has 2 aliphatic heterocycles. The van der Waals surface area contributed by atoms with E-state index in [1.54, 1.807) is 0 Å². The molecule has 3 nitrogen and oxygen atoms in total. The maximum atomic E-state index is 2.61. The summed E-state index contributed by atoms with van der Waals surface area (Å²) in [6.45, 7) is 24.9. The Labute approximate surface area is 204 Å². The van der Waals surface area contributed by atoms with Gasteiger partial charge in [0.2, 0.25) is 11.4 Å². The molecule has 0 atom stereocenters. The molecule has 0 unspecified atom stereocenters. The molecule has 0 fully saturated rings. The first-order valence-corrected chi connectivity index (χ1v) is 12.4. The van der Waals surface area contributed by atoms with Gasteiger partial charge >= 0.3 is 6.29 Å². The summed E-state index contributed by atoms with van der Waals surface area (Å²) in [4.78, 5) is 0.